The van der Waals surface area contributed by atoms with E-state index in [1.807, 2.05) is 0 Å². The Labute approximate surface area is 165 Å². The van der Waals surface area contributed by atoms with E-state index >= 15 is 0 Å². The smallest absolute Gasteiger partial charge is 0.305 e. The second-order valence-electron chi connectivity index (χ2n) is 6.80. The topological polar surface area (TPSA) is 118 Å². The summed E-state index contributed by atoms with van der Waals surface area (Å²) in [7, 11) is 0. The van der Waals surface area contributed by atoms with Crippen molar-refractivity contribution in [2.75, 3.05) is 13.2 Å². The van der Waals surface area contributed by atoms with Crippen LogP contribution in [0.15, 0.2) is 0 Å². The van der Waals surface area contributed by atoms with Gasteiger partial charge in [0.25, 0.3) is 0 Å². The number of aliphatic hydroxyl groups is 1. The number of esters is 3. The predicted molar refractivity (Wildman–Crippen MR) is 96.9 cm³/mol. The molecule has 1 saturated heterocycles. The highest BCUT2D eigenvalue weighted by Crippen LogP contribution is 2.36. The SMILES string of the molecule is CCCCCCCCO[C@@]1(O)[C@@H](COC(C)=O)OC(OC(C)=O)[C@@H]1OC(C)=O. The molecule has 9 nitrogen and oxygen atoms in total. The molecule has 0 saturated carbocycles. The highest BCUT2D eigenvalue weighted by Gasteiger charge is 2.61. The second kappa shape index (κ2) is 12.0. The summed E-state index contributed by atoms with van der Waals surface area (Å²) in [6, 6.07) is 0. The third kappa shape index (κ3) is 7.73. The number of hydrogen-bond acceptors (Lipinski definition) is 9. The molecular formula is C19H32O9. The van der Waals surface area contributed by atoms with Crippen LogP contribution in [-0.4, -0.2) is 60.5 Å². The van der Waals surface area contributed by atoms with Crippen LogP contribution in [0.1, 0.15) is 66.2 Å². The summed E-state index contributed by atoms with van der Waals surface area (Å²) >= 11 is 0. The Bertz CT molecular complexity index is 522. The molecule has 1 heterocycles. The van der Waals surface area contributed by atoms with Gasteiger partial charge in [-0.05, 0) is 6.42 Å². The quantitative estimate of drug-likeness (QED) is 0.225. The summed E-state index contributed by atoms with van der Waals surface area (Å²) in [6.45, 7) is 5.47. The van der Waals surface area contributed by atoms with E-state index in [4.69, 9.17) is 23.7 Å². The van der Waals surface area contributed by atoms with Gasteiger partial charge in [0.2, 0.25) is 18.2 Å². The van der Waals surface area contributed by atoms with Crippen molar-refractivity contribution in [1.29, 1.82) is 0 Å². The molecule has 0 aromatic rings. The van der Waals surface area contributed by atoms with Crippen LogP contribution < -0.4 is 0 Å². The lowest BCUT2D eigenvalue weighted by Crippen LogP contribution is -2.54. The maximum atomic E-state index is 11.5. The Balaban J connectivity index is 2.82. The van der Waals surface area contributed by atoms with E-state index in [1.165, 1.54) is 13.3 Å². The van der Waals surface area contributed by atoms with Crippen molar-refractivity contribution >= 4 is 17.9 Å². The van der Waals surface area contributed by atoms with E-state index in [0.29, 0.717) is 6.42 Å². The van der Waals surface area contributed by atoms with E-state index in [9.17, 15) is 19.5 Å². The minimum absolute atomic E-state index is 0.174. The van der Waals surface area contributed by atoms with Gasteiger partial charge in [0, 0.05) is 20.8 Å². The van der Waals surface area contributed by atoms with Crippen LogP contribution in [0.5, 0.6) is 0 Å². The van der Waals surface area contributed by atoms with Crippen molar-refractivity contribution in [3.05, 3.63) is 0 Å². The van der Waals surface area contributed by atoms with Crippen molar-refractivity contribution < 1.29 is 43.2 Å². The number of carbonyl (C=O) groups excluding carboxylic acids is 3. The molecule has 1 rings (SSSR count). The summed E-state index contributed by atoms with van der Waals surface area (Å²) in [6.07, 6.45) is 2.11. The first kappa shape index (κ1) is 24.3. The first-order chi connectivity index (χ1) is 13.2. The zero-order chi connectivity index (χ0) is 21.2. The fraction of sp³-hybridized carbons (Fsp3) is 0.842. The molecule has 0 aromatic heterocycles. The molecule has 1 aliphatic heterocycles. The van der Waals surface area contributed by atoms with Gasteiger partial charge in [0.1, 0.15) is 6.61 Å². The van der Waals surface area contributed by atoms with Crippen LogP contribution in [0.3, 0.4) is 0 Å². The van der Waals surface area contributed by atoms with Crippen molar-refractivity contribution in [3.63, 3.8) is 0 Å². The predicted octanol–water partition coefficient (Wildman–Crippen LogP) is 1.83. The molecule has 1 N–H and O–H groups in total. The Morgan fingerprint density at radius 2 is 1.54 bits per heavy atom. The van der Waals surface area contributed by atoms with Gasteiger partial charge >= 0.3 is 17.9 Å². The van der Waals surface area contributed by atoms with Gasteiger partial charge in [-0.3, -0.25) is 14.4 Å². The largest absolute Gasteiger partial charge is 0.463 e. The summed E-state index contributed by atoms with van der Waals surface area (Å²) in [4.78, 5) is 34.0. The van der Waals surface area contributed by atoms with Crippen LogP contribution in [0, 0.1) is 0 Å². The minimum atomic E-state index is -2.12. The third-order valence-corrected chi connectivity index (χ3v) is 4.26. The minimum Gasteiger partial charge on any atom is -0.463 e. The summed E-state index contributed by atoms with van der Waals surface area (Å²) in [5.41, 5.74) is 0. The lowest BCUT2D eigenvalue weighted by molar-refractivity contribution is -0.272. The molecule has 9 heteroatoms. The van der Waals surface area contributed by atoms with E-state index < -0.39 is 42.2 Å². The normalized spacial score (nSPS) is 26.7. The zero-order valence-electron chi connectivity index (χ0n) is 17.1. The lowest BCUT2D eigenvalue weighted by Gasteiger charge is -2.32. The Hall–Kier alpha value is -1.71. The lowest BCUT2D eigenvalue weighted by atomic mass is 10.1. The molecule has 1 aliphatic rings. The summed E-state index contributed by atoms with van der Waals surface area (Å²) in [5, 5.41) is 11.1. The van der Waals surface area contributed by atoms with Crippen LogP contribution in [-0.2, 0) is 38.1 Å². The Kier molecular flexibility index (Phi) is 10.4. The van der Waals surface area contributed by atoms with E-state index in [2.05, 4.69) is 6.92 Å². The number of hydrogen-bond donors (Lipinski definition) is 1. The number of ether oxygens (including phenoxy) is 5. The van der Waals surface area contributed by atoms with Gasteiger partial charge in [-0.15, -0.1) is 0 Å². The molecule has 0 bridgehead atoms. The summed E-state index contributed by atoms with van der Waals surface area (Å²) in [5.74, 6) is -4.10. The molecule has 28 heavy (non-hydrogen) atoms. The van der Waals surface area contributed by atoms with Crippen LogP contribution in [0.25, 0.3) is 0 Å². The van der Waals surface area contributed by atoms with Crippen LogP contribution in [0.2, 0.25) is 0 Å². The summed E-state index contributed by atoms with van der Waals surface area (Å²) < 4.78 is 26.2. The number of rotatable bonds is 12. The highest BCUT2D eigenvalue weighted by molar-refractivity contribution is 5.67. The van der Waals surface area contributed by atoms with Gasteiger partial charge < -0.3 is 28.8 Å². The molecule has 1 unspecified atom stereocenters. The fourth-order valence-corrected chi connectivity index (χ4v) is 2.93. The molecule has 0 spiro atoms. The zero-order valence-corrected chi connectivity index (χ0v) is 17.1. The maximum Gasteiger partial charge on any atom is 0.305 e. The van der Waals surface area contributed by atoms with Crippen molar-refractivity contribution in [2.45, 2.75) is 90.5 Å². The molecule has 0 aliphatic carbocycles. The van der Waals surface area contributed by atoms with E-state index in [1.54, 1.807) is 0 Å². The molecule has 0 radical (unpaired) electrons. The van der Waals surface area contributed by atoms with Gasteiger partial charge in [0.15, 0.2) is 6.10 Å². The third-order valence-electron chi connectivity index (χ3n) is 4.26. The monoisotopic (exact) mass is 404 g/mol. The Morgan fingerprint density at radius 3 is 2.11 bits per heavy atom. The molecule has 1 fully saturated rings. The average molecular weight is 404 g/mol. The van der Waals surface area contributed by atoms with E-state index in [0.717, 1.165) is 39.5 Å². The van der Waals surface area contributed by atoms with Gasteiger partial charge in [-0.1, -0.05) is 39.0 Å². The Morgan fingerprint density at radius 1 is 0.929 bits per heavy atom. The van der Waals surface area contributed by atoms with Crippen LogP contribution >= 0.6 is 0 Å². The maximum absolute atomic E-state index is 11.5. The average Bonchev–Trinajstić information content (AvgIpc) is 2.83. The van der Waals surface area contributed by atoms with Crippen molar-refractivity contribution in [3.8, 4) is 0 Å². The van der Waals surface area contributed by atoms with Gasteiger partial charge in [-0.2, -0.15) is 0 Å². The van der Waals surface area contributed by atoms with Gasteiger partial charge in [0.05, 0.1) is 6.61 Å². The van der Waals surface area contributed by atoms with Gasteiger partial charge in [-0.25, -0.2) is 0 Å². The number of carbonyl (C=O) groups is 3. The molecule has 0 aromatic carbocycles. The molecule has 4 atom stereocenters. The van der Waals surface area contributed by atoms with Crippen molar-refractivity contribution in [1.82, 2.24) is 0 Å². The van der Waals surface area contributed by atoms with E-state index in [-0.39, 0.29) is 13.2 Å². The first-order valence-corrected chi connectivity index (χ1v) is 9.70. The molecule has 162 valence electrons. The fourth-order valence-electron chi connectivity index (χ4n) is 2.93. The second-order valence-corrected chi connectivity index (χ2v) is 6.80. The first-order valence-electron chi connectivity index (χ1n) is 9.70. The van der Waals surface area contributed by atoms with Crippen molar-refractivity contribution in [2.24, 2.45) is 0 Å². The number of unbranched alkanes of at least 4 members (excludes halogenated alkanes) is 5. The van der Waals surface area contributed by atoms with Crippen LogP contribution in [0.4, 0.5) is 0 Å². The standard InChI is InChI=1S/C19H32O9/c1-5-6-7-8-9-10-11-25-19(23)16(12-24-13(2)20)28-18(27-15(4)22)17(19)26-14(3)21/h16-18,23H,5-12H2,1-4H3/t16-,17+,18?,19+/m1/s1. The highest BCUT2D eigenvalue weighted by atomic mass is 16.8. The molecule has 0 amide bonds. The molecular weight excluding hydrogens is 372 g/mol.